The lowest BCUT2D eigenvalue weighted by atomic mass is 9.85. The molecule has 0 amide bonds. The molecule has 3 atom stereocenters. The topological polar surface area (TPSA) is 75.1 Å². The van der Waals surface area contributed by atoms with Crippen LogP contribution in [-0.4, -0.2) is 27.1 Å². The van der Waals surface area contributed by atoms with Crippen LogP contribution in [0.3, 0.4) is 0 Å². The molecule has 1 saturated carbocycles. The molecule has 0 spiro atoms. The van der Waals surface area contributed by atoms with Gasteiger partial charge in [0.2, 0.25) is 0 Å². The summed E-state index contributed by atoms with van der Waals surface area (Å²) in [6.07, 6.45) is 6.90. The maximum Gasteiger partial charge on any atom is 0.306 e. The number of aromatic nitrogens is 2. The predicted octanol–water partition coefficient (Wildman–Crippen LogP) is 2.08. The number of hydrogen-bond donors (Lipinski definition) is 2. The summed E-state index contributed by atoms with van der Waals surface area (Å²) in [5.74, 6) is -0.878. The SMILES string of the molecule is Cc1nccnc1C(C)NC1CCCC(C(=O)O)C1. The fourth-order valence-electron chi connectivity index (χ4n) is 2.84. The van der Waals surface area contributed by atoms with E-state index in [0.717, 1.165) is 30.7 Å². The van der Waals surface area contributed by atoms with Crippen molar-refractivity contribution in [1.29, 1.82) is 0 Å². The van der Waals surface area contributed by atoms with Crippen LogP contribution in [0.1, 0.15) is 50.0 Å². The number of hydrogen-bond acceptors (Lipinski definition) is 4. The van der Waals surface area contributed by atoms with Crippen molar-refractivity contribution >= 4 is 5.97 Å². The number of rotatable bonds is 4. The molecule has 1 aromatic heterocycles. The summed E-state index contributed by atoms with van der Waals surface area (Å²) in [5, 5.41) is 12.6. The first-order valence-corrected chi connectivity index (χ1v) is 6.84. The van der Waals surface area contributed by atoms with Gasteiger partial charge in [-0.3, -0.25) is 14.8 Å². The maximum atomic E-state index is 11.1. The fraction of sp³-hybridized carbons (Fsp3) is 0.643. The third kappa shape index (κ3) is 3.50. The quantitative estimate of drug-likeness (QED) is 0.870. The van der Waals surface area contributed by atoms with Crippen LogP contribution in [0.5, 0.6) is 0 Å². The third-order valence-electron chi connectivity index (χ3n) is 3.84. The molecule has 0 bridgehead atoms. The highest BCUT2D eigenvalue weighted by molar-refractivity contribution is 5.70. The zero-order chi connectivity index (χ0) is 13.8. The van der Waals surface area contributed by atoms with Gasteiger partial charge in [-0.2, -0.15) is 0 Å². The van der Waals surface area contributed by atoms with Gasteiger partial charge in [0.25, 0.3) is 0 Å². The summed E-state index contributed by atoms with van der Waals surface area (Å²) in [5.41, 5.74) is 1.87. The van der Waals surface area contributed by atoms with Crippen molar-refractivity contribution in [3.05, 3.63) is 23.8 Å². The first kappa shape index (κ1) is 13.9. The molecule has 1 heterocycles. The van der Waals surface area contributed by atoms with E-state index < -0.39 is 5.97 Å². The van der Waals surface area contributed by atoms with Crippen LogP contribution in [0.15, 0.2) is 12.4 Å². The molecule has 104 valence electrons. The van der Waals surface area contributed by atoms with E-state index in [9.17, 15) is 4.79 Å². The first-order valence-electron chi connectivity index (χ1n) is 6.84. The number of carbonyl (C=O) groups is 1. The molecular formula is C14H21N3O2. The second kappa shape index (κ2) is 6.10. The molecule has 1 aromatic rings. The summed E-state index contributed by atoms with van der Waals surface area (Å²) in [7, 11) is 0. The van der Waals surface area contributed by atoms with E-state index in [1.807, 2.05) is 6.92 Å². The number of nitrogens with zero attached hydrogens (tertiary/aromatic N) is 2. The van der Waals surface area contributed by atoms with Crippen LogP contribution < -0.4 is 5.32 Å². The molecule has 0 aliphatic heterocycles. The Balaban J connectivity index is 1.97. The Hall–Kier alpha value is -1.49. The van der Waals surface area contributed by atoms with Crippen molar-refractivity contribution in [3.8, 4) is 0 Å². The molecule has 19 heavy (non-hydrogen) atoms. The minimum Gasteiger partial charge on any atom is -0.481 e. The van der Waals surface area contributed by atoms with Crippen molar-refractivity contribution in [1.82, 2.24) is 15.3 Å². The molecule has 0 aromatic carbocycles. The van der Waals surface area contributed by atoms with Gasteiger partial charge in [0.05, 0.1) is 17.3 Å². The van der Waals surface area contributed by atoms with Gasteiger partial charge in [-0.1, -0.05) is 6.42 Å². The molecule has 0 radical (unpaired) electrons. The summed E-state index contributed by atoms with van der Waals surface area (Å²) >= 11 is 0. The highest BCUT2D eigenvalue weighted by Crippen LogP contribution is 2.26. The van der Waals surface area contributed by atoms with E-state index in [1.165, 1.54) is 0 Å². The van der Waals surface area contributed by atoms with Crippen molar-refractivity contribution in [3.63, 3.8) is 0 Å². The Labute approximate surface area is 113 Å². The highest BCUT2D eigenvalue weighted by atomic mass is 16.4. The van der Waals surface area contributed by atoms with E-state index in [-0.39, 0.29) is 18.0 Å². The van der Waals surface area contributed by atoms with Gasteiger partial charge in [-0.25, -0.2) is 0 Å². The van der Waals surface area contributed by atoms with Crippen molar-refractivity contribution < 1.29 is 9.90 Å². The lowest BCUT2D eigenvalue weighted by Crippen LogP contribution is -2.38. The highest BCUT2D eigenvalue weighted by Gasteiger charge is 2.28. The van der Waals surface area contributed by atoms with Crippen LogP contribution in [-0.2, 0) is 4.79 Å². The Kier molecular flexibility index (Phi) is 4.47. The van der Waals surface area contributed by atoms with Crippen molar-refractivity contribution in [2.45, 2.75) is 51.6 Å². The number of carboxylic acids is 1. The summed E-state index contributed by atoms with van der Waals surface area (Å²) in [4.78, 5) is 19.7. The first-order chi connectivity index (χ1) is 9.08. The van der Waals surface area contributed by atoms with Gasteiger partial charge < -0.3 is 10.4 Å². The maximum absolute atomic E-state index is 11.1. The van der Waals surface area contributed by atoms with Gasteiger partial charge >= 0.3 is 5.97 Å². The van der Waals surface area contributed by atoms with Gasteiger partial charge in [0, 0.05) is 24.5 Å². The average molecular weight is 263 g/mol. The van der Waals surface area contributed by atoms with E-state index in [0.29, 0.717) is 6.42 Å². The third-order valence-corrected chi connectivity index (χ3v) is 3.84. The Morgan fingerprint density at radius 1 is 1.42 bits per heavy atom. The van der Waals surface area contributed by atoms with Gasteiger partial charge in [0.1, 0.15) is 0 Å². The number of aliphatic carboxylic acids is 1. The van der Waals surface area contributed by atoms with E-state index in [2.05, 4.69) is 22.2 Å². The molecule has 1 aliphatic rings. The van der Waals surface area contributed by atoms with E-state index >= 15 is 0 Å². The number of nitrogens with one attached hydrogen (secondary N) is 1. The second-order valence-corrected chi connectivity index (χ2v) is 5.31. The molecule has 1 fully saturated rings. The van der Waals surface area contributed by atoms with Gasteiger partial charge in [-0.15, -0.1) is 0 Å². The predicted molar refractivity (Wildman–Crippen MR) is 71.7 cm³/mol. The molecule has 2 N–H and O–H groups in total. The zero-order valence-corrected chi connectivity index (χ0v) is 11.5. The molecule has 0 saturated heterocycles. The Bertz CT molecular complexity index is 450. The summed E-state index contributed by atoms with van der Waals surface area (Å²) in [6, 6.07) is 0.359. The normalized spacial score (nSPS) is 24.9. The number of aryl methyl sites for hydroxylation is 1. The summed E-state index contributed by atoms with van der Waals surface area (Å²) in [6.45, 7) is 4.00. The van der Waals surface area contributed by atoms with E-state index in [1.54, 1.807) is 12.4 Å². The minimum atomic E-state index is -0.671. The van der Waals surface area contributed by atoms with Crippen LogP contribution in [0.25, 0.3) is 0 Å². The van der Waals surface area contributed by atoms with Crippen LogP contribution in [0, 0.1) is 12.8 Å². The molecule has 5 heteroatoms. The van der Waals surface area contributed by atoms with Crippen molar-refractivity contribution in [2.24, 2.45) is 5.92 Å². The molecule has 1 aliphatic carbocycles. The molecule has 2 rings (SSSR count). The molecule has 5 nitrogen and oxygen atoms in total. The molecule has 3 unspecified atom stereocenters. The summed E-state index contributed by atoms with van der Waals surface area (Å²) < 4.78 is 0. The molecular weight excluding hydrogens is 242 g/mol. The van der Waals surface area contributed by atoms with Gasteiger partial charge in [0.15, 0.2) is 0 Å². The lowest BCUT2D eigenvalue weighted by molar-refractivity contribution is -0.143. The largest absolute Gasteiger partial charge is 0.481 e. The fourth-order valence-corrected chi connectivity index (χ4v) is 2.84. The minimum absolute atomic E-state index is 0.103. The Morgan fingerprint density at radius 3 is 2.84 bits per heavy atom. The van der Waals surface area contributed by atoms with Crippen LogP contribution >= 0.6 is 0 Å². The van der Waals surface area contributed by atoms with Crippen molar-refractivity contribution in [2.75, 3.05) is 0 Å². The monoisotopic (exact) mass is 263 g/mol. The lowest BCUT2D eigenvalue weighted by Gasteiger charge is -2.30. The van der Waals surface area contributed by atoms with Crippen LogP contribution in [0.4, 0.5) is 0 Å². The van der Waals surface area contributed by atoms with E-state index in [4.69, 9.17) is 5.11 Å². The zero-order valence-electron chi connectivity index (χ0n) is 11.5. The average Bonchev–Trinajstić information content (AvgIpc) is 2.39. The standard InChI is InChI=1S/C14H21N3O2/c1-9-13(16-7-6-15-9)10(2)17-12-5-3-4-11(8-12)14(18)19/h6-7,10-12,17H,3-5,8H2,1-2H3,(H,18,19). The second-order valence-electron chi connectivity index (χ2n) is 5.31. The smallest absolute Gasteiger partial charge is 0.306 e. The number of carboxylic acid groups (broad SMARTS) is 1. The van der Waals surface area contributed by atoms with Gasteiger partial charge in [-0.05, 0) is 33.1 Å². The Morgan fingerprint density at radius 2 is 2.16 bits per heavy atom. The van der Waals surface area contributed by atoms with Crippen LogP contribution in [0.2, 0.25) is 0 Å².